The summed E-state index contributed by atoms with van der Waals surface area (Å²) >= 11 is 0. The third kappa shape index (κ3) is 3.71. The van der Waals surface area contributed by atoms with Crippen LogP contribution in [0.5, 0.6) is 0 Å². The molecule has 1 unspecified atom stereocenters. The van der Waals surface area contributed by atoms with Gasteiger partial charge in [-0.1, -0.05) is 6.07 Å². The van der Waals surface area contributed by atoms with Crippen LogP contribution in [-0.2, 0) is 14.6 Å². The number of hydrogen-bond acceptors (Lipinski definition) is 4. The Balaban J connectivity index is 3.21. The first-order valence-electron chi connectivity index (χ1n) is 5.30. The molecule has 0 heterocycles. The SMILES string of the molecule is CS(=O)(=O)c1c(F)ccc(C(N)CCC(=O)O)c1F. The van der Waals surface area contributed by atoms with Crippen molar-refractivity contribution < 1.29 is 27.1 Å². The largest absolute Gasteiger partial charge is 0.481 e. The van der Waals surface area contributed by atoms with Crippen LogP contribution in [0.4, 0.5) is 8.78 Å². The van der Waals surface area contributed by atoms with E-state index in [1.54, 1.807) is 0 Å². The van der Waals surface area contributed by atoms with Gasteiger partial charge >= 0.3 is 5.97 Å². The summed E-state index contributed by atoms with van der Waals surface area (Å²) in [6, 6.07) is 0.804. The first-order chi connectivity index (χ1) is 8.64. The minimum Gasteiger partial charge on any atom is -0.481 e. The highest BCUT2D eigenvalue weighted by Crippen LogP contribution is 2.26. The zero-order chi connectivity index (χ0) is 14.8. The van der Waals surface area contributed by atoms with Crippen molar-refractivity contribution in [3.05, 3.63) is 29.3 Å². The van der Waals surface area contributed by atoms with Gasteiger partial charge in [0.15, 0.2) is 9.84 Å². The van der Waals surface area contributed by atoms with Crippen LogP contribution in [0.25, 0.3) is 0 Å². The van der Waals surface area contributed by atoms with Gasteiger partial charge in [0.2, 0.25) is 0 Å². The van der Waals surface area contributed by atoms with Crippen molar-refractivity contribution >= 4 is 15.8 Å². The molecule has 0 aliphatic heterocycles. The molecule has 0 aliphatic carbocycles. The highest BCUT2D eigenvalue weighted by Gasteiger charge is 2.24. The number of rotatable bonds is 5. The van der Waals surface area contributed by atoms with Crippen molar-refractivity contribution in [2.45, 2.75) is 23.8 Å². The second-order valence-corrected chi connectivity index (χ2v) is 6.04. The number of carboxylic acids is 1. The summed E-state index contributed by atoms with van der Waals surface area (Å²) in [7, 11) is -4.07. The van der Waals surface area contributed by atoms with E-state index in [1.807, 2.05) is 0 Å². The zero-order valence-corrected chi connectivity index (χ0v) is 10.9. The Bertz CT molecular complexity index is 601. The van der Waals surface area contributed by atoms with Crippen molar-refractivity contribution in [2.24, 2.45) is 5.73 Å². The summed E-state index contributed by atoms with van der Waals surface area (Å²) in [5.74, 6) is -3.57. The molecule has 0 radical (unpaired) electrons. The third-order valence-corrected chi connectivity index (χ3v) is 3.63. The van der Waals surface area contributed by atoms with E-state index in [4.69, 9.17) is 10.8 Å². The van der Waals surface area contributed by atoms with Crippen molar-refractivity contribution in [2.75, 3.05) is 6.26 Å². The number of aliphatic carboxylic acids is 1. The molecule has 19 heavy (non-hydrogen) atoms. The molecule has 8 heteroatoms. The van der Waals surface area contributed by atoms with E-state index in [1.165, 1.54) is 0 Å². The van der Waals surface area contributed by atoms with E-state index in [9.17, 15) is 22.0 Å². The number of nitrogens with two attached hydrogens (primary N) is 1. The number of sulfone groups is 1. The molecule has 0 aliphatic rings. The molecular weight excluding hydrogens is 280 g/mol. The lowest BCUT2D eigenvalue weighted by Gasteiger charge is -2.14. The lowest BCUT2D eigenvalue weighted by molar-refractivity contribution is -0.137. The Kier molecular flexibility index (Phi) is 4.59. The number of hydrogen-bond donors (Lipinski definition) is 2. The van der Waals surface area contributed by atoms with Gasteiger partial charge in [-0.15, -0.1) is 0 Å². The van der Waals surface area contributed by atoms with Gasteiger partial charge in [0.05, 0.1) is 0 Å². The van der Waals surface area contributed by atoms with Crippen LogP contribution in [0.1, 0.15) is 24.4 Å². The fraction of sp³-hybridized carbons (Fsp3) is 0.364. The molecule has 1 rings (SSSR count). The van der Waals surface area contributed by atoms with E-state index >= 15 is 0 Å². The highest BCUT2D eigenvalue weighted by molar-refractivity contribution is 7.90. The van der Waals surface area contributed by atoms with E-state index < -0.39 is 38.4 Å². The van der Waals surface area contributed by atoms with E-state index in [-0.39, 0.29) is 18.4 Å². The van der Waals surface area contributed by atoms with Gasteiger partial charge in [-0.05, 0) is 12.5 Å². The van der Waals surface area contributed by atoms with Crippen molar-refractivity contribution in [1.29, 1.82) is 0 Å². The van der Waals surface area contributed by atoms with Crippen LogP contribution < -0.4 is 5.73 Å². The molecule has 0 bridgehead atoms. The number of carboxylic acid groups (broad SMARTS) is 1. The fourth-order valence-corrected chi connectivity index (χ4v) is 2.47. The number of benzene rings is 1. The molecule has 106 valence electrons. The Morgan fingerprint density at radius 2 is 2.00 bits per heavy atom. The molecule has 1 aromatic rings. The summed E-state index contributed by atoms with van der Waals surface area (Å²) in [5.41, 5.74) is 5.37. The van der Waals surface area contributed by atoms with Crippen LogP contribution >= 0.6 is 0 Å². The minimum atomic E-state index is -4.07. The van der Waals surface area contributed by atoms with Crippen molar-refractivity contribution in [1.82, 2.24) is 0 Å². The van der Waals surface area contributed by atoms with E-state index in [0.717, 1.165) is 12.1 Å². The molecule has 0 fully saturated rings. The average Bonchev–Trinajstić information content (AvgIpc) is 2.24. The van der Waals surface area contributed by atoms with Crippen LogP contribution in [0.2, 0.25) is 0 Å². The van der Waals surface area contributed by atoms with Crippen molar-refractivity contribution in [3.8, 4) is 0 Å². The monoisotopic (exact) mass is 293 g/mol. The van der Waals surface area contributed by atoms with Crippen molar-refractivity contribution in [3.63, 3.8) is 0 Å². The molecule has 0 aromatic heterocycles. The standard InChI is InChI=1S/C11H13F2NO4S/c1-19(17,18)11-7(12)3-2-6(10(11)13)8(14)4-5-9(15)16/h2-3,8H,4-5,14H2,1H3,(H,15,16). The maximum atomic E-state index is 14.0. The Hall–Kier alpha value is -1.54. The van der Waals surface area contributed by atoms with Crippen LogP contribution in [0.3, 0.4) is 0 Å². The lowest BCUT2D eigenvalue weighted by atomic mass is 10.0. The molecule has 0 saturated heterocycles. The predicted octanol–water partition coefficient (Wildman–Crippen LogP) is 1.23. The summed E-state index contributed by atoms with van der Waals surface area (Å²) in [6.07, 6.45) is 0.300. The van der Waals surface area contributed by atoms with Gasteiger partial charge in [-0.3, -0.25) is 4.79 Å². The highest BCUT2D eigenvalue weighted by atomic mass is 32.2. The normalized spacial score (nSPS) is 13.3. The van der Waals surface area contributed by atoms with Crippen LogP contribution in [0, 0.1) is 11.6 Å². The van der Waals surface area contributed by atoms with E-state index in [0.29, 0.717) is 6.26 Å². The summed E-state index contributed by atoms with van der Waals surface area (Å²) in [4.78, 5) is 9.35. The molecule has 1 atom stereocenters. The smallest absolute Gasteiger partial charge is 0.303 e. The second kappa shape index (κ2) is 5.62. The second-order valence-electron chi connectivity index (χ2n) is 4.09. The maximum Gasteiger partial charge on any atom is 0.303 e. The molecule has 0 amide bonds. The van der Waals surface area contributed by atoms with Gasteiger partial charge in [0, 0.05) is 24.3 Å². The number of halogens is 2. The van der Waals surface area contributed by atoms with Crippen LogP contribution in [0.15, 0.2) is 17.0 Å². The predicted molar refractivity (Wildman–Crippen MR) is 63.3 cm³/mol. The molecule has 0 saturated carbocycles. The third-order valence-electron chi connectivity index (χ3n) is 2.52. The minimum absolute atomic E-state index is 0.0823. The summed E-state index contributed by atoms with van der Waals surface area (Å²) < 4.78 is 49.9. The van der Waals surface area contributed by atoms with E-state index in [2.05, 4.69) is 0 Å². The maximum absolute atomic E-state index is 14.0. The molecule has 1 aromatic carbocycles. The number of carbonyl (C=O) groups is 1. The fourth-order valence-electron chi connectivity index (χ4n) is 1.61. The summed E-state index contributed by atoms with van der Waals surface area (Å²) in [6.45, 7) is 0. The van der Waals surface area contributed by atoms with Gasteiger partial charge in [-0.2, -0.15) is 0 Å². The molecule has 3 N–H and O–H groups in total. The Labute approximate surface area is 109 Å². The molecule has 5 nitrogen and oxygen atoms in total. The zero-order valence-electron chi connectivity index (χ0n) is 10.1. The van der Waals surface area contributed by atoms with Gasteiger partial charge < -0.3 is 10.8 Å². The van der Waals surface area contributed by atoms with Gasteiger partial charge in [-0.25, -0.2) is 17.2 Å². The Morgan fingerprint density at radius 1 is 1.42 bits per heavy atom. The van der Waals surface area contributed by atoms with Crippen LogP contribution in [-0.4, -0.2) is 25.7 Å². The van der Waals surface area contributed by atoms with Gasteiger partial charge in [0.1, 0.15) is 16.5 Å². The van der Waals surface area contributed by atoms with Gasteiger partial charge in [0.25, 0.3) is 0 Å². The lowest BCUT2D eigenvalue weighted by Crippen LogP contribution is -2.16. The quantitative estimate of drug-likeness (QED) is 0.851. The topological polar surface area (TPSA) is 97.5 Å². The first-order valence-corrected chi connectivity index (χ1v) is 7.19. The first kappa shape index (κ1) is 15.5. The molecule has 0 spiro atoms. The Morgan fingerprint density at radius 3 is 2.47 bits per heavy atom. The molecular formula is C11H13F2NO4S. The average molecular weight is 293 g/mol. The summed E-state index contributed by atoms with van der Waals surface area (Å²) in [5, 5.41) is 8.50.